The molecular weight excluding hydrogens is 441 g/mol. The summed E-state index contributed by atoms with van der Waals surface area (Å²) in [5, 5.41) is 22.7. The number of aryl methyl sites for hydroxylation is 1. The number of hydrogen-bond donors (Lipinski definition) is 0. The third-order valence-corrected chi connectivity index (χ3v) is 7.32. The Bertz CT molecular complexity index is 1260. The summed E-state index contributed by atoms with van der Waals surface area (Å²) >= 11 is 0. The number of benzene rings is 2. The number of sulfonamides is 1. The van der Waals surface area contributed by atoms with Crippen molar-refractivity contribution in [2.75, 3.05) is 26.2 Å². The SMILES string of the molecule is Cc1ccc([N+](=O)[O-])cc1S(=O)(=O)N1CCN(Cc2nnnn2-c2cccc(F)c2)CC1. The van der Waals surface area contributed by atoms with Crippen molar-refractivity contribution in [3.8, 4) is 5.69 Å². The molecule has 0 N–H and O–H groups in total. The van der Waals surface area contributed by atoms with E-state index < -0.39 is 20.8 Å². The molecule has 0 atom stereocenters. The highest BCUT2D eigenvalue weighted by Crippen LogP contribution is 2.26. The van der Waals surface area contributed by atoms with Crippen molar-refractivity contribution in [3.05, 3.63) is 69.8 Å². The quantitative estimate of drug-likeness (QED) is 0.399. The molecule has 0 saturated carbocycles. The highest BCUT2D eigenvalue weighted by molar-refractivity contribution is 7.89. The molecule has 168 valence electrons. The number of nitro benzene ring substituents is 1. The van der Waals surface area contributed by atoms with Crippen LogP contribution in [0.5, 0.6) is 0 Å². The first-order valence-electron chi connectivity index (χ1n) is 9.76. The molecule has 1 aliphatic heterocycles. The van der Waals surface area contributed by atoms with Gasteiger partial charge in [-0.2, -0.15) is 8.99 Å². The fraction of sp³-hybridized carbons (Fsp3) is 0.316. The van der Waals surface area contributed by atoms with Gasteiger partial charge in [-0.3, -0.25) is 15.0 Å². The lowest BCUT2D eigenvalue weighted by molar-refractivity contribution is -0.385. The third kappa shape index (κ3) is 4.35. The summed E-state index contributed by atoms with van der Waals surface area (Å²) in [6.07, 6.45) is 0. The van der Waals surface area contributed by atoms with Crippen LogP contribution in [-0.4, -0.2) is 68.9 Å². The minimum absolute atomic E-state index is 0.0600. The minimum atomic E-state index is -3.88. The van der Waals surface area contributed by atoms with Gasteiger partial charge in [0.1, 0.15) is 5.82 Å². The van der Waals surface area contributed by atoms with Gasteiger partial charge in [-0.1, -0.05) is 12.1 Å². The van der Waals surface area contributed by atoms with Gasteiger partial charge in [0.15, 0.2) is 5.82 Å². The minimum Gasteiger partial charge on any atom is -0.293 e. The summed E-state index contributed by atoms with van der Waals surface area (Å²) in [6.45, 7) is 3.23. The highest BCUT2D eigenvalue weighted by atomic mass is 32.2. The molecule has 1 fully saturated rings. The molecule has 32 heavy (non-hydrogen) atoms. The van der Waals surface area contributed by atoms with E-state index >= 15 is 0 Å². The molecule has 2 heterocycles. The number of hydrogen-bond acceptors (Lipinski definition) is 8. The lowest BCUT2D eigenvalue weighted by atomic mass is 10.2. The molecule has 1 aromatic heterocycles. The number of aromatic nitrogens is 4. The van der Waals surface area contributed by atoms with Crippen molar-refractivity contribution in [1.29, 1.82) is 0 Å². The van der Waals surface area contributed by atoms with E-state index in [0.29, 0.717) is 36.7 Å². The second-order valence-electron chi connectivity index (χ2n) is 7.37. The summed E-state index contributed by atoms with van der Waals surface area (Å²) in [6, 6.07) is 9.74. The molecule has 1 aliphatic rings. The Labute approximate surface area is 183 Å². The van der Waals surface area contributed by atoms with Crippen molar-refractivity contribution >= 4 is 15.7 Å². The number of nitro groups is 1. The maximum Gasteiger partial charge on any atom is 0.270 e. The molecular formula is C19H20FN7O4S. The maximum absolute atomic E-state index is 13.5. The molecule has 0 aliphatic carbocycles. The number of tetrazole rings is 1. The van der Waals surface area contributed by atoms with Gasteiger partial charge in [0.2, 0.25) is 10.0 Å². The summed E-state index contributed by atoms with van der Waals surface area (Å²) < 4.78 is 42.5. The summed E-state index contributed by atoms with van der Waals surface area (Å²) in [5.41, 5.74) is 0.677. The predicted octanol–water partition coefficient (Wildman–Crippen LogP) is 1.52. The zero-order valence-electron chi connectivity index (χ0n) is 17.1. The monoisotopic (exact) mass is 461 g/mol. The van der Waals surface area contributed by atoms with E-state index in [2.05, 4.69) is 15.5 Å². The second kappa shape index (κ2) is 8.68. The van der Waals surface area contributed by atoms with Gasteiger partial charge >= 0.3 is 0 Å². The number of non-ortho nitro benzene ring substituents is 1. The zero-order valence-corrected chi connectivity index (χ0v) is 17.9. The summed E-state index contributed by atoms with van der Waals surface area (Å²) in [7, 11) is -3.88. The Morgan fingerprint density at radius 3 is 2.56 bits per heavy atom. The van der Waals surface area contributed by atoms with Crippen LogP contribution in [0.4, 0.5) is 10.1 Å². The van der Waals surface area contributed by atoms with Crippen molar-refractivity contribution in [3.63, 3.8) is 0 Å². The molecule has 3 aromatic rings. The topological polar surface area (TPSA) is 127 Å². The number of piperazine rings is 1. The first-order valence-corrected chi connectivity index (χ1v) is 11.2. The molecule has 1 saturated heterocycles. The van der Waals surface area contributed by atoms with Gasteiger partial charge in [0, 0.05) is 38.3 Å². The highest BCUT2D eigenvalue weighted by Gasteiger charge is 2.31. The smallest absolute Gasteiger partial charge is 0.270 e. The Kier molecular flexibility index (Phi) is 5.95. The van der Waals surface area contributed by atoms with Crippen molar-refractivity contribution in [1.82, 2.24) is 29.4 Å². The molecule has 2 aromatic carbocycles. The van der Waals surface area contributed by atoms with E-state index in [4.69, 9.17) is 0 Å². The van der Waals surface area contributed by atoms with Crippen LogP contribution in [0.2, 0.25) is 0 Å². The fourth-order valence-electron chi connectivity index (χ4n) is 3.56. The lowest BCUT2D eigenvalue weighted by Crippen LogP contribution is -2.48. The Hall–Kier alpha value is -3.29. The number of rotatable bonds is 6. The van der Waals surface area contributed by atoms with Gasteiger partial charge in [-0.05, 0) is 41.1 Å². The lowest BCUT2D eigenvalue weighted by Gasteiger charge is -2.33. The Morgan fingerprint density at radius 2 is 1.88 bits per heavy atom. The van der Waals surface area contributed by atoms with Crippen LogP contribution in [0.15, 0.2) is 47.4 Å². The van der Waals surface area contributed by atoms with Crippen LogP contribution < -0.4 is 0 Å². The Morgan fingerprint density at radius 1 is 1.12 bits per heavy atom. The van der Waals surface area contributed by atoms with E-state index in [0.717, 1.165) is 6.07 Å². The molecule has 13 heteroatoms. The van der Waals surface area contributed by atoms with Crippen molar-refractivity contribution in [2.24, 2.45) is 0 Å². The molecule has 0 unspecified atom stereocenters. The van der Waals surface area contributed by atoms with Gasteiger partial charge in [0.25, 0.3) is 5.69 Å². The largest absolute Gasteiger partial charge is 0.293 e. The van der Waals surface area contributed by atoms with Crippen LogP contribution in [-0.2, 0) is 16.6 Å². The average molecular weight is 461 g/mol. The van der Waals surface area contributed by atoms with E-state index in [1.165, 1.54) is 33.3 Å². The first-order chi connectivity index (χ1) is 15.3. The van der Waals surface area contributed by atoms with Crippen LogP contribution >= 0.6 is 0 Å². The predicted molar refractivity (Wildman–Crippen MR) is 111 cm³/mol. The Balaban J connectivity index is 1.46. The molecule has 0 bridgehead atoms. The van der Waals surface area contributed by atoms with Crippen LogP contribution in [0, 0.1) is 22.9 Å². The normalized spacial score (nSPS) is 15.7. The van der Waals surface area contributed by atoms with E-state index in [9.17, 15) is 22.9 Å². The second-order valence-corrected chi connectivity index (χ2v) is 9.28. The average Bonchev–Trinajstić information content (AvgIpc) is 3.22. The standard InChI is InChI=1S/C19H20FN7O4S/c1-14-5-6-17(27(28)29)12-18(14)32(30,31)25-9-7-24(8-10-25)13-19-21-22-23-26(19)16-4-2-3-15(20)11-16/h2-6,11-12H,7-10,13H2,1H3. The summed E-state index contributed by atoms with van der Waals surface area (Å²) in [4.78, 5) is 12.4. The molecule has 0 amide bonds. The van der Waals surface area contributed by atoms with Gasteiger partial charge < -0.3 is 0 Å². The molecule has 0 spiro atoms. The number of nitrogens with zero attached hydrogens (tertiary/aromatic N) is 7. The third-order valence-electron chi connectivity index (χ3n) is 5.28. The molecule has 4 rings (SSSR count). The van der Waals surface area contributed by atoms with E-state index in [-0.39, 0.29) is 23.7 Å². The van der Waals surface area contributed by atoms with E-state index in [1.807, 2.05) is 4.90 Å². The van der Waals surface area contributed by atoms with Crippen molar-refractivity contribution < 1.29 is 17.7 Å². The van der Waals surface area contributed by atoms with E-state index in [1.54, 1.807) is 19.1 Å². The van der Waals surface area contributed by atoms with Crippen LogP contribution in [0.3, 0.4) is 0 Å². The molecule has 11 nitrogen and oxygen atoms in total. The maximum atomic E-state index is 13.5. The van der Waals surface area contributed by atoms with Gasteiger partial charge in [0.05, 0.1) is 22.1 Å². The molecule has 0 radical (unpaired) electrons. The van der Waals surface area contributed by atoms with Gasteiger partial charge in [-0.25, -0.2) is 12.8 Å². The van der Waals surface area contributed by atoms with Crippen molar-refractivity contribution in [2.45, 2.75) is 18.4 Å². The fourth-order valence-corrected chi connectivity index (χ4v) is 5.23. The van der Waals surface area contributed by atoms with Gasteiger partial charge in [-0.15, -0.1) is 5.10 Å². The number of halogens is 1. The van der Waals surface area contributed by atoms with Crippen LogP contribution in [0.25, 0.3) is 5.69 Å². The first kappa shape index (κ1) is 21.9. The van der Waals surface area contributed by atoms with Crippen LogP contribution in [0.1, 0.15) is 11.4 Å². The zero-order chi connectivity index (χ0) is 22.9. The summed E-state index contributed by atoms with van der Waals surface area (Å²) in [5.74, 6) is 0.0978.